The van der Waals surface area contributed by atoms with E-state index in [-0.39, 0.29) is 18.4 Å². The molecule has 1 saturated heterocycles. The molecular formula is C17H26N4O4. The molecule has 0 radical (unpaired) electrons. The zero-order chi connectivity index (χ0) is 17.6. The van der Waals surface area contributed by atoms with Gasteiger partial charge in [0.05, 0.1) is 30.5 Å². The van der Waals surface area contributed by atoms with E-state index in [1.54, 1.807) is 0 Å². The molecule has 0 saturated carbocycles. The molecule has 1 amide bonds. The van der Waals surface area contributed by atoms with Gasteiger partial charge in [0.2, 0.25) is 5.91 Å². The Morgan fingerprint density at radius 1 is 1.36 bits per heavy atom. The molecule has 3 heterocycles. The van der Waals surface area contributed by atoms with Crippen LogP contribution in [0.3, 0.4) is 0 Å². The molecule has 8 nitrogen and oxygen atoms in total. The van der Waals surface area contributed by atoms with Crippen LogP contribution in [0.25, 0.3) is 0 Å². The molecule has 2 aliphatic rings. The highest BCUT2D eigenvalue weighted by molar-refractivity contribution is 5.78. The minimum absolute atomic E-state index is 0.0227. The average molecular weight is 350 g/mol. The zero-order valence-corrected chi connectivity index (χ0v) is 14.4. The third-order valence-electron chi connectivity index (χ3n) is 4.66. The number of aliphatic carboxylic acids is 1. The van der Waals surface area contributed by atoms with Crippen molar-refractivity contribution < 1.29 is 19.4 Å². The second-order valence-corrected chi connectivity index (χ2v) is 6.75. The summed E-state index contributed by atoms with van der Waals surface area (Å²) < 4.78 is 7.47. The van der Waals surface area contributed by atoms with Crippen molar-refractivity contribution in [3.05, 3.63) is 17.5 Å². The monoisotopic (exact) mass is 350 g/mol. The molecule has 0 unspecified atom stereocenters. The lowest BCUT2D eigenvalue weighted by Crippen LogP contribution is -2.40. The van der Waals surface area contributed by atoms with E-state index in [0.717, 1.165) is 50.3 Å². The van der Waals surface area contributed by atoms with E-state index in [0.29, 0.717) is 26.1 Å². The van der Waals surface area contributed by atoms with Crippen molar-refractivity contribution in [1.29, 1.82) is 0 Å². The molecular weight excluding hydrogens is 324 g/mol. The Hall–Kier alpha value is -1.93. The van der Waals surface area contributed by atoms with Gasteiger partial charge in [0, 0.05) is 39.2 Å². The van der Waals surface area contributed by atoms with E-state index in [1.165, 1.54) is 0 Å². The van der Waals surface area contributed by atoms with Crippen molar-refractivity contribution >= 4 is 11.9 Å². The van der Waals surface area contributed by atoms with Crippen LogP contribution >= 0.6 is 0 Å². The van der Waals surface area contributed by atoms with Crippen molar-refractivity contribution in [3.63, 3.8) is 0 Å². The number of ether oxygens (including phenoxy) is 1. The fourth-order valence-electron chi connectivity index (χ4n) is 3.37. The number of fused-ring (bicyclic) bond motifs is 1. The molecule has 2 N–H and O–H groups in total. The number of carbonyl (C=O) groups excluding carboxylic acids is 1. The number of aryl methyl sites for hydroxylation is 2. The summed E-state index contributed by atoms with van der Waals surface area (Å²) in [6, 6.07) is 1.96. The predicted molar refractivity (Wildman–Crippen MR) is 90.1 cm³/mol. The Morgan fingerprint density at radius 2 is 2.24 bits per heavy atom. The smallest absolute Gasteiger partial charge is 0.303 e. The molecule has 0 bridgehead atoms. The van der Waals surface area contributed by atoms with Gasteiger partial charge in [0.1, 0.15) is 0 Å². The van der Waals surface area contributed by atoms with Crippen LogP contribution in [0.5, 0.6) is 0 Å². The molecule has 0 aromatic carbocycles. The van der Waals surface area contributed by atoms with E-state index in [2.05, 4.69) is 15.3 Å². The standard InChI is InChI=1S/C17H26N4O4/c22-16(18-10-15-3-1-8-25-15)12-20-6-2-7-21-14(11-20)9-13(19-21)4-5-17(23)24/h9,15H,1-8,10-12H2,(H,18,22)(H,23,24)/t15-/m0/s1. The third kappa shape index (κ3) is 5.27. The number of aromatic nitrogens is 2. The van der Waals surface area contributed by atoms with Crippen LogP contribution in [0.1, 0.15) is 37.1 Å². The van der Waals surface area contributed by atoms with Crippen LogP contribution in [0, 0.1) is 0 Å². The summed E-state index contributed by atoms with van der Waals surface area (Å²) in [4.78, 5) is 25.0. The number of carboxylic acids is 1. The fraction of sp³-hybridized carbons (Fsp3) is 0.706. The number of carbonyl (C=O) groups is 2. The maximum atomic E-state index is 12.2. The van der Waals surface area contributed by atoms with Crippen LogP contribution in [0.2, 0.25) is 0 Å². The fourth-order valence-corrected chi connectivity index (χ4v) is 3.37. The molecule has 2 aliphatic heterocycles. The SMILES string of the molecule is O=C(O)CCc1cc2n(n1)CCCN(CC(=O)NC[C@@H]1CCCO1)C2. The number of nitrogens with one attached hydrogen (secondary N) is 1. The van der Waals surface area contributed by atoms with Gasteiger partial charge >= 0.3 is 5.97 Å². The van der Waals surface area contributed by atoms with Gasteiger partial charge in [-0.05, 0) is 25.3 Å². The highest BCUT2D eigenvalue weighted by Crippen LogP contribution is 2.15. The molecule has 0 spiro atoms. The summed E-state index contributed by atoms with van der Waals surface area (Å²) in [6.45, 7) is 4.05. The lowest BCUT2D eigenvalue weighted by Gasteiger charge is -2.19. The highest BCUT2D eigenvalue weighted by atomic mass is 16.5. The first-order valence-electron chi connectivity index (χ1n) is 8.98. The lowest BCUT2D eigenvalue weighted by atomic mass is 10.2. The molecule has 0 aliphatic carbocycles. The van der Waals surface area contributed by atoms with E-state index in [9.17, 15) is 9.59 Å². The first-order chi connectivity index (χ1) is 12.1. The minimum atomic E-state index is -0.812. The summed E-state index contributed by atoms with van der Waals surface area (Å²) >= 11 is 0. The predicted octanol–water partition coefficient (Wildman–Crippen LogP) is 0.401. The molecule has 138 valence electrons. The molecule has 1 atom stereocenters. The Labute approximate surface area is 147 Å². The second kappa shape index (κ2) is 8.44. The lowest BCUT2D eigenvalue weighted by molar-refractivity contribution is -0.137. The number of rotatable bonds is 7. The van der Waals surface area contributed by atoms with Crippen LogP contribution < -0.4 is 5.32 Å². The van der Waals surface area contributed by atoms with Gasteiger partial charge in [-0.1, -0.05) is 0 Å². The van der Waals surface area contributed by atoms with Crippen molar-refractivity contribution in [2.45, 2.75) is 51.3 Å². The van der Waals surface area contributed by atoms with Crippen molar-refractivity contribution in [2.75, 3.05) is 26.2 Å². The molecule has 1 aromatic heterocycles. The van der Waals surface area contributed by atoms with E-state index in [1.807, 2.05) is 10.7 Å². The van der Waals surface area contributed by atoms with E-state index in [4.69, 9.17) is 9.84 Å². The number of hydrogen-bond acceptors (Lipinski definition) is 5. The number of nitrogens with zero attached hydrogens (tertiary/aromatic N) is 3. The average Bonchev–Trinajstić information content (AvgIpc) is 3.18. The van der Waals surface area contributed by atoms with E-state index < -0.39 is 5.97 Å². The topological polar surface area (TPSA) is 96.7 Å². The first kappa shape index (κ1) is 17.9. The Morgan fingerprint density at radius 3 is 3.00 bits per heavy atom. The normalized spacial score (nSPS) is 20.9. The van der Waals surface area contributed by atoms with Crippen LogP contribution in [-0.4, -0.2) is 64.0 Å². The van der Waals surface area contributed by atoms with Gasteiger partial charge in [0.15, 0.2) is 0 Å². The minimum Gasteiger partial charge on any atom is -0.481 e. The number of carboxylic acid groups (broad SMARTS) is 1. The second-order valence-electron chi connectivity index (χ2n) is 6.75. The van der Waals surface area contributed by atoms with Crippen LogP contribution in [0.15, 0.2) is 6.07 Å². The van der Waals surface area contributed by atoms with E-state index >= 15 is 0 Å². The summed E-state index contributed by atoms with van der Waals surface area (Å²) in [5, 5.41) is 16.3. The van der Waals surface area contributed by atoms with Crippen LogP contribution in [0.4, 0.5) is 0 Å². The Bertz CT molecular complexity index is 610. The number of amides is 1. The summed E-state index contributed by atoms with van der Waals surface area (Å²) in [6.07, 6.45) is 3.70. The zero-order valence-electron chi connectivity index (χ0n) is 14.4. The van der Waals surface area contributed by atoms with Gasteiger partial charge in [-0.2, -0.15) is 5.10 Å². The molecule has 8 heteroatoms. The first-order valence-corrected chi connectivity index (χ1v) is 8.98. The van der Waals surface area contributed by atoms with Crippen LogP contribution in [-0.2, 0) is 33.8 Å². The Balaban J connectivity index is 1.50. The van der Waals surface area contributed by atoms with Crippen molar-refractivity contribution in [3.8, 4) is 0 Å². The quantitative estimate of drug-likeness (QED) is 0.739. The maximum Gasteiger partial charge on any atom is 0.303 e. The van der Waals surface area contributed by atoms with Gasteiger partial charge in [-0.25, -0.2) is 0 Å². The molecule has 3 rings (SSSR count). The number of hydrogen-bond donors (Lipinski definition) is 2. The summed E-state index contributed by atoms with van der Waals surface area (Å²) in [7, 11) is 0. The highest BCUT2D eigenvalue weighted by Gasteiger charge is 2.20. The Kier molecular flexibility index (Phi) is 6.04. The molecule has 1 aromatic rings. The van der Waals surface area contributed by atoms with Gasteiger partial charge in [0.25, 0.3) is 0 Å². The molecule has 1 fully saturated rings. The maximum absolute atomic E-state index is 12.2. The third-order valence-corrected chi connectivity index (χ3v) is 4.66. The van der Waals surface area contributed by atoms with Crippen molar-refractivity contribution in [2.24, 2.45) is 0 Å². The largest absolute Gasteiger partial charge is 0.481 e. The van der Waals surface area contributed by atoms with Gasteiger partial charge < -0.3 is 15.2 Å². The van der Waals surface area contributed by atoms with Crippen molar-refractivity contribution in [1.82, 2.24) is 20.0 Å². The van der Waals surface area contributed by atoms with Gasteiger partial charge in [-0.15, -0.1) is 0 Å². The van der Waals surface area contributed by atoms with Gasteiger partial charge in [-0.3, -0.25) is 19.2 Å². The molecule has 25 heavy (non-hydrogen) atoms. The summed E-state index contributed by atoms with van der Waals surface area (Å²) in [5.74, 6) is -0.790. The summed E-state index contributed by atoms with van der Waals surface area (Å²) in [5.41, 5.74) is 1.85.